The Morgan fingerprint density at radius 3 is 3.25 bits per heavy atom. The first-order valence-corrected chi connectivity index (χ1v) is 5.60. The van der Waals surface area contributed by atoms with Crippen molar-refractivity contribution in [2.24, 2.45) is 0 Å². The van der Waals surface area contributed by atoms with Crippen LogP contribution in [-0.4, -0.2) is 29.0 Å². The molecule has 88 valence electrons. The fourth-order valence-electron chi connectivity index (χ4n) is 1.77. The number of hydrogen-bond donors (Lipinski definition) is 2. The van der Waals surface area contributed by atoms with E-state index in [2.05, 4.69) is 15.5 Å². The molecule has 0 aliphatic carbocycles. The number of H-pyrrole nitrogens is 1. The Balaban J connectivity index is 2.04. The highest BCUT2D eigenvalue weighted by atomic mass is 35.5. The lowest BCUT2D eigenvalue weighted by Crippen LogP contribution is -2.33. The Hall–Kier alpha value is -1.07. The summed E-state index contributed by atoms with van der Waals surface area (Å²) in [6.07, 6.45) is 3.58. The van der Waals surface area contributed by atoms with E-state index >= 15 is 0 Å². The minimum absolute atomic E-state index is 0.136. The number of rotatable bonds is 3. The maximum Gasteiger partial charge on any atom is 0.285 e. The first-order chi connectivity index (χ1) is 7.61. The first-order valence-electron chi connectivity index (χ1n) is 5.22. The molecule has 5 nitrogen and oxygen atoms in total. The molecule has 0 radical (unpaired) electrons. The van der Waals surface area contributed by atoms with Gasteiger partial charge in [-0.15, -0.1) is 0 Å². The molecule has 0 amide bonds. The first kappa shape index (κ1) is 11.4. The van der Waals surface area contributed by atoms with Crippen LogP contribution < -0.4 is 10.9 Å². The Labute approximate surface area is 98.2 Å². The molecule has 1 unspecified atom stereocenters. The maximum atomic E-state index is 11.2. The Bertz CT molecular complexity index is 426. The number of ether oxygens (including phenoxy) is 1. The van der Waals surface area contributed by atoms with Crippen molar-refractivity contribution in [2.45, 2.75) is 25.4 Å². The van der Waals surface area contributed by atoms with E-state index in [0.717, 1.165) is 19.4 Å². The van der Waals surface area contributed by atoms with Gasteiger partial charge < -0.3 is 10.1 Å². The minimum atomic E-state index is -0.385. The van der Waals surface area contributed by atoms with Gasteiger partial charge >= 0.3 is 0 Å². The van der Waals surface area contributed by atoms with Crippen molar-refractivity contribution in [2.75, 3.05) is 18.5 Å². The zero-order chi connectivity index (χ0) is 11.6. The smallest absolute Gasteiger partial charge is 0.285 e. The van der Waals surface area contributed by atoms with Gasteiger partial charge in [0.1, 0.15) is 5.02 Å². The van der Waals surface area contributed by atoms with Crippen LogP contribution in [0.3, 0.4) is 0 Å². The Kier molecular flexibility index (Phi) is 3.16. The van der Waals surface area contributed by atoms with Gasteiger partial charge in [0, 0.05) is 13.2 Å². The number of aromatic nitrogens is 2. The number of aromatic amines is 1. The Morgan fingerprint density at radius 2 is 2.56 bits per heavy atom. The van der Waals surface area contributed by atoms with Crippen molar-refractivity contribution in [3.8, 4) is 0 Å². The summed E-state index contributed by atoms with van der Waals surface area (Å²) in [7, 11) is 0. The molecule has 16 heavy (non-hydrogen) atoms. The Morgan fingerprint density at radius 1 is 1.75 bits per heavy atom. The zero-order valence-electron chi connectivity index (χ0n) is 9.05. The maximum absolute atomic E-state index is 11.2. The van der Waals surface area contributed by atoms with Gasteiger partial charge in [-0.05, 0) is 19.8 Å². The molecule has 0 aromatic carbocycles. The van der Waals surface area contributed by atoms with Crippen molar-refractivity contribution in [1.82, 2.24) is 10.2 Å². The van der Waals surface area contributed by atoms with E-state index < -0.39 is 0 Å². The van der Waals surface area contributed by atoms with Crippen LogP contribution >= 0.6 is 11.6 Å². The lowest BCUT2D eigenvalue weighted by molar-refractivity contribution is 0.0315. The number of hydrogen-bond acceptors (Lipinski definition) is 4. The van der Waals surface area contributed by atoms with Gasteiger partial charge in [-0.1, -0.05) is 11.6 Å². The van der Waals surface area contributed by atoms with Gasteiger partial charge in [0.2, 0.25) is 0 Å². The van der Waals surface area contributed by atoms with Crippen molar-refractivity contribution >= 4 is 17.3 Å². The minimum Gasteiger partial charge on any atom is -0.379 e. The molecule has 2 heterocycles. The fourth-order valence-corrected chi connectivity index (χ4v) is 1.92. The van der Waals surface area contributed by atoms with Crippen LogP contribution in [0.1, 0.15) is 19.8 Å². The van der Waals surface area contributed by atoms with Crippen molar-refractivity contribution in [1.29, 1.82) is 0 Å². The van der Waals surface area contributed by atoms with Crippen LogP contribution in [-0.2, 0) is 4.74 Å². The highest BCUT2D eigenvalue weighted by Crippen LogP contribution is 2.26. The normalized spacial score (nSPS) is 24.6. The van der Waals surface area contributed by atoms with Gasteiger partial charge in [-0.3, -0.25) is 4.79 Å². The summed E-state index contributed by atoms with van der Waals surface area (Å²) in [6.45, 7) is 3.46. The second-order valence-corrected chi connectivity index (χ2v) is 4.56. The van der Waals surface area contributed by atoms with Gasteiger partial charge in [-0.25, -0.2) is 5.10 Å². The molecule has 2 rings (SSSR count). The van der Waals surface area contributed by atoms with Crippen molar-refractivity contribution < 1.29 is 4.74 Å². The van der Waals surface area contributed by atoms with E-state index in [4.69, 9.17) is 16.3 Å². The topological polar surface area (TPSA) is 67.0 Å². The molecule has 2 N–H and O–H groups in total. The van der Waals surface area contributed by atoms with Gasteiger partial charge in [0.15, 0.2) is 0 Å². The van der Waals surface area contributed by atoms with E-state index in [0.29, 0.717) is 12.2 Å². The summed E-state index contributed by atoms with van der Waals surface area (Å²) in [5, 5.41) is 9.19. The van der Waals surface area contributed by atoms with Gasteiger partial charge in [0.25, 0.3) is 5.56 Å². The lowest BCUT2D eigenvalue weighted by Gasteiger charge is -2.23. The molecule has 1 aliphatic heterocycles. The van der Waals surface area contributed by atoms with Crippen LogP contribution in [0, 0.1) is 0 Å². The van der Waals surface area contributed by atoms with Crippen molar-refractivity contribution in [3.63, 3.8) is 0 Å². The van der Waals surface area contributed by atoms with Crippen LogP contribution in [0.25, 0.3) is 0 Å². The van der Waals surface area contributed by atoms with Gasteiger partial charge in [0.05, 0.1) is 17.5 Å². The van der Waals surface area contributed by atoms with E-state index in [1.54, 1.807) is 0 Å². The molecule has 6 heteroatoms. The van der Waals surface area contributed by atoms with E-state index in [1.807, 2.05) is 6.92 Å². The number of nitrogens with zero attached hydrogens (tertiary/aromatic N) is 1. The van der Waals surface area contributed by atoms with Crippen LogP contribution in [0.5, 0.6) is 0 Å². The molecule has 0 saturated carbocycles. The lowest BCUT2D eigenvalue weighted by atomic mass is 10.0. The summed E-state index contributed by atoms with van der Waals surface area (Å²) in [4.78, 5) is 11.2. The fraction of sp³-hybridized carbons (Fsp3) is 0.600. The zero-order valence-corrected chi connectivity index (χ0v) is 9.80. The number of halogens is 1. The molecule has 1 aromatic rings. The highest BCUT2D eigenvalue weighted by molar-refractivity contribution is 6.32. The molecule has 1 aliphatic rings. The average Bonchev–Trinajstić information content (AvgIpc) is 2.68. The predicted molar refractivity (Wildman–Crippen MR) is 61.9 cm³/mol. The highest BCUT2D eigenvalue weighted by Gasteiger charge is 2.29. The number of nitrogens with one attached hydrogen (secondary N) is 2. The molecular formula is C10H14ClN3O2. The summed E-state index contributed by atoms with van der Waals surface area (Å²) >= 11 is 5.84. The summed E-state index contributed by atoms with van der Waals surface area (Å²) in [5.74, 6) is 0. The quantitative estimate of drug-likeness (QED) is 0.842. The average molecular weight is 244 g/mol. The summed E-state index contributed by atoms with van der Waals surface area (Å²) < 4.78 is 5.62. The summed E-state index contributed by atoms with van der Waals surface area (Å²) in [5.41, 5.74) is -0.0161. The molecule has 1 atom stereocenters. The third-order valence-corrected chi connectivity index (χ3v) is 3.12. The van der Waals surface area contributed by atoms with Crippen LogP contribution in [0.4, 0.5) is 5.69 Å². The molecule has 1 aromatic heterocycles. The third-order valence-electron chi connectivity index (χ3n) is 2.75. The molecule has 1 fully saturated rings. The molecule has 0 bridgehead atoms. The predicted octanol–water partition coefficient (Wildman–Crippen LogP) is 1.40. The number of anilines is 1. The van der Waals surface area contributed by atoms with Crippen LogP contribution in [0.15, 0.2) is 11.0 Å². The molecular weight excluding hydrogens is 230 g/mol. The SMILES string of the molecule is CC1(CNc2cn[nH]c(=O)c2Cl)CCCO1. The summed E-state index contributed by atoms with van der Waals surface area (Å²) in [6, 6.07) is 0. The second kappa shape index (κ2) is 4.43. The third kappa shape index (κ3) is 2.36. The van der Waals surface area contributed by atoms with Crippen molar-refractivity contribution in [3.05, 3.63) is 21.6 Å². The molecule has 1 saturated heterocycles. The monoisotopic (exact) mass is 243 g/mol. The molecule has 0 spiro atoms. The standard InChI is InChI=1S/C10H14ClN3O2/c1-10(3-2-4-16-10)6-12-7-5-13-14-9(15)8(7)11/h5H,2-4,6H2,1H3,(H2,12,14,15). The second-order valence-electron chi connectivity index (χ2n) is 4.18. The van der Waals surface area contributed by atoms with Crippen LogP contribution in [0.2, 0.25) is 5.02 Å². The largest absolute Gasteiger partial charge is 0.379 e. The van der Waals surface area contributed by atoms with E-state index in [-0.39, 0.29) is 16.2 Å². The van der Waals surface area contributed by atoms with E-state index in [9.17, 15) is 4.79 Å². The van der Waals surface area contributed by atoms with Gasteiger partial charge in [-0.2, -0.15) is 5.10 Å². The van der Waals surface area contributed by atoms with E-state index in [1.165, 1.54) is 6.20 Å².